The highest BCUT2D eigenvalue weighted by Crippen LogP contribution is 2.70. The SMILES string of the molecule is C[C@H]1O[C@@H](O[C@H]2CC[C@@]3(C)[C@H](CC[C@@H]4[C@@H]3CC[C@]3(C)[C@@H](C5=CC(=O)OC5)CC[C@]43O)C2)C=CC1=O. The summed E-state index contributed by atoms with van der Waals surface area (Å²) in [5, 5.41) is 12.4. The lowest BCUT2D eigenvalue weighted by atomic mass is 9.43. The molecule has 6 aliphatic rings. The zero-order valence-corrected chi connectivity index (χ0v) is 21.3. The van der Waals surface area contributed by atoms with Gasteiger partial charge in [0.25, 0.3) is 0 Å². The Morgan fingerprint density at radius 3 is 2.60 bits per heavy atom. The number of carbonyl (C=O) groups excluding carboxylic acids is 2. The summed E-state index contributed by atoms with van der Waals surface area (Å²) in [6.45, 7) is 6.95. The summed E-state index contributed by atoms with van der Waals surface area (Å²) in [5.41, 5.74) is 0.462. The molecule has 0 bridgehead atoms. The Hall–Kier alpha value is -1.50. The van der Waals surface area contributed by atoms with E-state index >= 15 is 0 Å². The summed E-state index contributed by atoms with van der Waals surface area (Å²) in [6.07, 6.45) is 13.6. The fraction of sp³-hybridized carbons (Fsp3) is 0.793. The fourth-order valence-corrected chi connectivity index (χ4v) is 9.38. The molecule has 0 aromatic rings. The second-order valence-corrected chi connectivity index (χ2v) is 12.7. The van der Waals surface area contributed by atoms with E-state index in [9.17, 15) is 14.7 Å². The van der Waals surface area contributed by atoms with Crippen LogP contribution in [0, 0.1) is 34.5 Å². The van der Waals surface area contributed by atoms with E-state index in [1.165, 1.54) is 0 Å². The molecule has 2 aliphatic heterocycles. The number of fused-ring (bicyclic) bond motifs is 5. The average molecular weight is 485 g/mol. The molecule has 0 unspecified atom stereocenters. The summed E-state index contributed by atoms with van der Waals surface area (Å²) < 4.78 is 17.3. The molecule has 0 saturated heterocycles. The molecule has 6 nitrogen and oxygen atoms in total. The molecule has 0 aromatic carbocycles. The number of hydrogen-bond acceptors (Lipinski definition) is 6. The molecule has 192 valence electrons. The van der Waals surface area contributed by atoms with Crippen molar-refractivity contribution >= 4 is 11.8 Å². The van der Waals surface area contributed by atoms with Crippen LogP contribution in [0.5, 0.6) is 0 Å². The van der Waals surface area contributed by atoms with Crippen LogP contribution in [0.4, 0.5) is 0 Å². The average Bonchev–Trinajstić information content (AvgIpc) is 3.36. The van der Waals surface area contributed by atoms with Crippen molar-refractivity contribution in [3.63, 3.8) is 0 Å². The van der Waals surface area contributed by atoms with E-state index < -0.39 is 18.0 Å². The molecular weight excluding hydrogens is 444 g/mol. The Bertz CT molecular complexity index is 970. The number of aliphatic hydroxyl groups is 1. The van der Waals surface area contributed by atoms with Gasteiger partial charge in [-0.15, -0.1) is 0 Å². The van der Waals surface area contributed by atoms with Crippen LogP contribution in [0.1, 0.15) is 78.6 Å². The number of carbonyl (C=O) groups is 2. The Morgan fingerprint density at radius 1 is 1.03 bits per heavy atom. The van der Waals surface area contributed by atoms with Gasteiger partial charge in [0.2, 0.25) is 0 Å². The lowest BCUT2D eigenvalue weighted by Gasteiger charge is -2.63. The second-order valence-electron chi connectivity index (χ2n) is 12.7. The first-order valence-electron chi connectivity index (χ1n) is 13.8. The van der Waals surface area contributed by atoms with E-state index in [2.05, 4.69) is 13.8 Å². The van der Waals surface area contributed by atoms with Crippen LogP contribution in [0.15, 0.2) is 23.8 Å². The summed E-state index contributed by atoms with van der Waals surface area (Å²) in [5.74, 6) is 1.45. The smallest absolute Gasteiger partial charge is 0.331 e. The summed E-state index contributed by atoms with van der Waals surface area (Å²) in [6, 6.07) is 0. The second kappa shape index (κ2) is 8.26. The van der Waals surface area contributed by atoms with Crippen molar-refractivity contribution in [1.82, 2.24) is 0 Å². The van der Waals surface area contributed by atoms with E-state index in [4.69, 9.17) is 14.2 Å². The molecule has 6 heteroatoms. The summed E-state index contributed by atoms with van der Waals surface area (Å²) >= 11 is 0. The largest absolute Gasteiger partial charge is 0.458 e. The first-order valence-corrected chi connectivity index (χ1v) is 13.8. The van der Waals surface area contributed by atoms with Crippen LogP contribution in [0.3, 0.4) is 0 Å². The third-order valence-corrected chi connectivity index (χ3v) is 11.4. The molecule has 0 radical (unpaired) electrons. The molecule has 35 heavy (non-hydrogen) atoms. The van der Waals surface area contributed by atoms with E-state index in [1.54, 1.807) is 25.2 Å². The minimum Gasteiger partial charge on any atom is -0.458 e. The van der Waals surface area contributed by atoms with Crippen molar-refractivity contribution in [2.45, 2.75) is 103 Å². The number of rotatable bonds is 3. The molecular formula is C29H40O6. The van der Waals surface area contributed by atoms with Crippen LogP contribution < -0.4 is 0 Å². The number of hydrogen-bond donors (Lipinski definition) is 1. The highest BCUT2D eigenvalue weighted by molar-refractivity contribution is 5.93. The van der Waals surface area contributed by atoms with Crippen LogP contribution in [-0.4, -0.2) is 47.6 Å². The lowest BCUT2D eigenvalue weighted by Crippen LogP contribution is -2.62. The Labute approximate surface area is 208 Å². The van der Waals surface area contributed by atoms with Gasteiger partial charge in [-0.3, -0.25) is 4.79 Å². The maximum atomic E-state index is 12.4. The van der Waals surface area contributed by atoms with Crippen LogP contribution in [0.2, 0.25) is 0 Å². The fourth-order valence-electron chi connectivity index (χ4n) is 9.38. The highest BCUT2D eigenvalue weighted by Gasteiger charge is 2.67. The van der Waals surface area contributed by atoms with Crippen molar-refractivity contribution in [1.29, 1.82) is 0 Å². The van der Waals surface area contributed by atoms with Gasteiger partial charge in [-0.25, -0.2) is 4.79 Å². The summed E-state index contributed by atoms with van der Waals surface area (Å²) in [4.78, 5) is 23.5. The number of ether oxygens (including phenoxy) is 3. The van der Waals surface area contributed by atoms with Gasteiger partial charge >= 0.3 is 5.97 Å². The quantitative estimate of drug-likeness (QED) is 0.594. The predicted molar refractivity (Wildman–Crippen MR) is 129 cm³/mol. The molecule has 0 spiro atoms. The third-order valence-electron chi connectivity index (χ3n) is 11.4. The minimum atomic E-state index is -0.669. The van der Waals surface area contributed by atoms with E-state index in [0.29, 0.717) is 24.4 Å². The van der Waals surface area contributed by atoms with Gasteiger partial charge in [-0.05, 0) is 112 Å². The first kappa shape index (κ1) is 23.9. The highest BCUT2D eigenvalue weighted by atomic mass is 16.7. The Kier molecular flexibility index (Phi) is 5.63. The number of cyclic esters (lactones) is 1. The molecule has 10 atom stereocenters. The van der Waals surface area contributed by atoms with Crippen molar-refractivity contribution < 1.29 is 28.9 Å². The van der Waals surface area contributed by atoms with Gasteiger partial charge in [0.05, 0.1) is 11.7 Å². The topological polar surface area (TPSA) is 82.1 Å². The molecule has 4 saturated carbocycles. The van der Waals surface area contributed by atoms with Crippen molar-refractivity contribution in [3.05, 3.63) is 23.8 Å². The molecule has 4 aliphatic carbocycles. The zero-order chi connectivity index (χ0) is 24.6. The molecule has 6 rings (SSSR count). The molecule has 0 amide bonds. The third kappa shape index (κ3) is 3.53. The van der Waals surface area contributed by atoms with E-state index in [0.717, 1.165) is 63.4 Å². The minimum absolute atomic E-state index is 0.000813. The first-order chi connectivity index (χ1) is 16.6. The van der Waals surface area contributed by atoms with E-state index in [-0.39, 0.29) is 34.6 Å². The molecule has 1 N–H and O–H groups in total. The zero-order valence-electron chi connectivity index (χ0n) is 21.3. The van der Waals surface area contributed by atoms with Gasteiger partial charge in [-0.2, -0.15) is 0 Å². The van der Waals surface area contributed by atoms with Crippen LogP contribution >= 0.6 is 0 Å². The molecule has 0 aromatic heterocycles. The maximum Gasteiger partial charge on any atom is 0.331 e. The number of esters is 1. The lowest BCUT2D eigenvalue weighted by molar-refractivity contribution is -0.222. The van der Waals surface area contributed by atoms with Crippen molar-refractivity contribution in [2.75, 3.05) is 6.61 Å². The van der Waals surface area contributed by atoms with Crippen LogP contribution in [0.25, 0.3) is 0 Å². The van der Waals surface area contributed by atoms with Crippen LogP contribution in [-0.2, 0) is 23.8 Å². The van der Waals surface area contributed by atoms with Gasteiger partial charge < -0.3 is 19.3 Å². The normalized spacial score (nSPS) is 51.3. The van der Waals surface area contributed by atoms with Crippen molar-refractivity contribution in [3.8, 4) is 0 Å². The Balaban J connectivity index is 1.17. The predicted octanol–water partition coefficient (Wildman–Crippen LogP) is 4.50. The summed E-state index contributed by atoms with van der Waals surface area (Å²) in [7, 11) is 0. The van der Waals surface area contributed by atoms with Gasteiger partial charge in [-0.1, -0.05) is 13.8 Å². The number of ketones is 1. The Morgan fingerprint density at radius 2 is 1.86 bits per heavy atom. The maximum absolute atomic E-state index is 12.4. The monoisotopic (exact) mass is 484 g/mol. The van der Waals surface area contributed by atoms with Crippen molar-refractivity contribution in [2.24, 2.45) is 34.5 Å². The van der Waals surface area contributed by atoms with Gasteiger partial charge in [0, 0.05) is 11.5 Å². The van der Waals surface area contributed by atoms with Gasteiger partial charge in [0.1, 0.15) is 12.7 Å². The standard InChI is InChI=1S/C29H40O6/c1-17-24(30)6-7-26(34-17)35-20-8-11-27(2)19(15-20)4-5-23-22(27)9-12-28(3)21(10-13-29(23,28)32)18-14-25(31)33-16-18/h6-7,14,17,19-23,26,32H,4-5,8-13,15-16H2,1-3H3/t17-,19-,20+,21-,22+,23-,26+,27+,28-,29+/m1/s1. The van der Waals surface area contributed by atoms with Gasteiger partial charge in [0.15, 0.2) is 12.1 Å². The molecule has 2 heterocycles. The van der Waals surface area contributed by atoms with E-state index in [1.807, 2.05) is 0 Å². The molecule has 4 fully saturated rings.